The minimum Gasteiger partial charge on any atom is -0.463 e. The molecule has 3 fully saturated rings. The van der Waals surface area contributed by atoms with E-state index < -0.39 is 66.1 Å². The molecule has 6 rings (SSSR count). The Morgan fingerprint density at radius 2 is 1.65 bits per heavy atom. The predicted octanol–water partition coefficient (Wildman–Crippen LogP) is 5.30. The van der Waals surface area contributed by atoms with E-state index in [1.807, 2.05) is 92.7 Å². The number of hydrogen-bond acceptors (Lipinski definition) is 7. The number of anilines is 1. The first-order valence-corrected chi connectivity index (χ1v) is 17.9. The second kappa shape index (κ2) is 15.7. The molecule has 0 unspecified atom stereocenters. The molecule has 1 spiro atoms. The number of aliphatic hydroxyl groups is 1. The number of nitrogens with one attached hydrogen (secondary N) is 1. The summed E-state index contributed by atoms with van der Waals surface area (Å²) in [4.78, 5) is 60.3. The molecule has 3 heterocycles. The smallest absolute Gasteiger partial charge is 0.306 e. The molecule has 10 heteroatoms. The summed E-state index contributed by atoms with van der Waals surface area (Å²) in [5.74, 6) is -3.54. The molecule has 0 saturated carbocycles. The molecule has 10 nitrogen and oxygen atoms in total. The SMILES string of the molecule is C=CCCC(=O)OC[C@@H](NC(=O)[C@@H]1[C@@H]2CC[C@]3(O2)[C@H](C(=O)N(CC=C)c2c(C)cccc2C)N([C@H](CO)c2ccccc2)C(=O)[C@@H]13)c1ccccc1. The van der Waals surface area contributed by atoms with Gasteiger partial charge in [0.1, 0.15) is 18.2 Å². The predicted molar refractivity (Wildman–Crippen MR) is 197 cm³/mol. The van der Waals surface area contributed by atoms with Gasteiger partial charge in [-0.15, -0.1) is 13.2 Å². The van der Waals surface area contributed by atoms with Crippen molar-refractivity contribution in [2.24, 2.45) is 11.8 Å². The highest BCUT2D eigenvalue weighted by molar-refractivity contribution is 6.05. The quantitative estimate of drug-likeness (QED) is 0.163. The van der Waals surface area contributed by atoms with Gasteiger partial charge in [0.05, 0.1) is 36.6 Å². The molecule has 3 aromatic rings. The highest BCUT2D eigenvalue weighted by atomic mass is 16.5. The van der Waals surface area contributed by atoms with E-state index >= 15 is 4.79 Å². The van der Waals surface area contributed by atoms with Crippen LogP contribution in [-0.4, -0.2) is 71.2 Å². The van der Waals surface area contributed by atoms with Gasteiger partial charge in [0.2, 0.25) is 11.8 Å². The molecule has 272 valence electrons. The maximum atomic E-state index is 15.2. The van der Waals surface area contributed by atoms with Crippen molar-refractivity contribution in [2.75, 3.05) is 24.7 Å². The lowest BCUT2D eigenvalue weighted by Crippen LogP contribution is -2.57. The zero-order chi connectivity index (χ0) is 37.0. The van der Waals surface area contributed by atoms with Crippen molar-refractivity contribution in [3.63, 3.8) is 0 Å². The van der Waals surface area contributed by atoms with Gasteiger partial charge in [0.25, 0.3) is 5.91 Å². The number of carbonyl (C=O) groups is 4. The first-order valence-electron chi connectivity index (χ1n) is 17.9. The molecule has 3 aliphatic heterocycles. The lowest BCUT2D eigenvalue weighted by atomic mass is 9.70. The number of para-hydroxylation sites is 1. The van der Waals surface area contributed by atoms with E-state index in [0.717, 1.165) is 22.4 Å². The molecule has 3 aliphatic rings. The van der Waals surface area contributed by atoms with E-state index in [1.165, 1.54) is 4.90 Å². The number of amides is 3. The summed E-state index contributed by atoms with van der Waals surface area (Å²) < 4.78 is 12.3. The second-order valence-corrected chi connectivity index (χ2v) is 13.9. The summed E-state index contributed by atoms with van der Waals surface area (Å²) in [6.45, 7) is 11.1. The van der Waals surface area contributed by atoms with Crippen LogP contribution in [0.4, 0.5) is 5.69 Å². The first kappa shape index (κ1) is 36.7. The molecule has 0 radical (unpaired) electrons. The summed E-state index contributed by atoms with van der Waals surface area (Å²) >= 11 is 0. The average molecular weight is 706 g/mol. The topological polar surface area (TPSA) is 125 Å². The summed E-state index contributed by atoms with van der Waals surface area (Å²) in [5, 5.41) is 14.0. The third kappa shape index (κ3) is 6.68. The average Bonchev–Trinajstić information content (AvgIpc) is 3.80. The molecule has 3 amide bonds. The number of carbonyl (C=O) groups excluding carboxylic acids is 4. The molecule has 3 saturated heterocycles. The van der Waals surface area contributed by atoms with Gasteiger partial charge in [-0.3, -0.25) is 19.2 Å². The maximum absolute atomic E-state index is 15.2. The van der Waals surface area contributed by atoms with Crippen LogP contribution in [0.5, 0.6) is 0 Å². The Morgan fingerprint density at radius 3 is 2.27 bits per heavy atom. The fourth-order valence-corrected chi connectivity index (χ4v) is 8.48. The van der Waals surface area contributed by atoms with Gasteiger partial charge in [-0.1, -0.05) is 91.0 Å². The largest absolute Gasteiger partial charge is 0.463 e. The number of nitrogens with zero attached hydrogens (tertiary/aromatic N) is 2. The molecule has 2 bridgehead atoms. The number of aliphatic hydroxyl groups excluding tert-OH is 1. The van der Waals surface area contributed by atoms with Crippen molar-refractivity contribution in [3.8, 4) is 0 Å². The minimum absolute atomic E-state index is 0.103. The van der Waals surface area contributed by atoms with Crippen LogP contribution in [0, 0.1) is 25.7 Å². The number of rotatable bonds is 15. The normalized spacial score (nSPS) is 24.1. The fourth-order valence-electron chi connectivity index (χ4n) is 8.48. The van der Waals surface area contributed by atoms with Crippen molar-refractivity contribution < 1.29 is 33.8 Å². The van der Waals surface area contributed by atoms with Gasteiger partial charge in [-0.05, 0) is 55.4 Å². The number of hydrogen-bond donors (Lipinski definition) is 2. The molecule has 0 aromatic heterocycles. The number of fused-ring (bicyclic) bond motifs is 1. The molecular formula is C42H47N3O7. The number of allylic oxidation sites excluding steroid dienone is 1. The summed E-state index contributed by atoms with van der Waals surface area (Å²) in [7, 11) is 0. The summed E-state index contributed by atoms with van der Waals surface area (Å²) in [5.41, 5.74) is 2.55. The Morgan fingerprint density at radius 1 is 1.00 bits per heavy atom. The van der Waals surface area contributed by atoms with Crippen LogP contribution in [0.3, 0.4) is 0 Å². The van der Waals surface area contributed by atoms with Crippen LogP contribution < -0.4 is 10.2 Å². The highest BCUT2D eigenvalue weighted by Crippen LogP contribution is 2.60. The van der Waals surface area contributed by atoms with E-state index in [9.17, 15) is 19.5 Å². The maximum Gasteiger partial charge on any atom is 0.306 e. The second-order valence-electron chi connectivity index (χ2n) is 13.9. The monoisotopic (exact) mass is 705 g/mol. The standard InChI is InChI=1S/C42H47N3O7/c1-5-7-21-34(47)51-26-31(29-17-10-8-11-18-29)43-39(48)35-33-22-23-42(52-33)36(35)40(49)45(32(25-46)30-19-12-9-13-20-30)38(42)41(50)44(24-6-2)37-27(3)15-14-16-28(37)4/h5-6,8-20,31-33,35-36,38,46H,1-2,7,21-26H2,3-4H3,(H,43,48)/t31-,32-,33+,35-,36-,38+,42-/m1/s1. The van der Waals surface area contributed by atoms with Crippen LogP contribution in [0.2, 0.25) is 0 Å². The fraction of sp³-hybridized carbons (Fsp3) is 0.381. The van der Waals surface area contributed by atoms with E-state index in [1.54, 1.807) is 17.1 Å². The van der Waals surface area contributed by atoms with E-state index in [2.05, 4.69) is 18.5 Å². The summed E-state index contributed by atoms with van der Waals surface area (Å²) in [6.07, 6.45) is 4.16. The first-order chi connectivity index (χ1) is 25.2. The minimum atomic E-state index is -1.32. The van der Waals surface area contributed by atoms with Crippen LogP contribution in [0.1, 0.15) is 60.0 Å². The Balaban J connectivity index is 1.39. The molecule has 2 N–H and O–H groups in total. The third-order valence-corrected chi connectivity index (χ3v) is 10.7. The van der Waals surface area contributed by atoms with Gasteiger partial charge >= 0.3 is 5.97 Å². The van der Waals surface area contributed by atoms with Gasteiger partial charge in [-0.2, -0.15) is 0 Å². The van der Waals surface area contributed by atoms with E-state index in [0.29, 0.717) is 24.8 Å². The number of aryl methyl sites for hydroxylation is 2. The summed E-state index contributed by atoms with van der Waals surface area (Å²) in [6, 6.07) is 21.4. The van der Waals surface area contributed by atoms with E-state index in [4.69, 9.17) is 9.47 Å². The number of benzene rings is 3. The highest BCUT2D eigenvalue weighted by Gasteiger charge is 2.75. The Labute approximate surface area is 305 Å². The van der Waals surface area contributed by atoms with Gasteiger partial charge in [0.15, 0.2) is 0 Å². The number of ether oxygens (including phenoxy) is 2. The molecular weight excluding hydrogens is 658 g/mol. The Kier molecular flexibility index (Phi) is 11.1. The zero-order valence-corrected chi connectivity index (χ0v) is 29.8. The molecule has 52 heavy (non-hydrogen) atoms. The lowest BCUT2D eigenvalue weighted by molar-refractivity contribution is -0.146. The Bertz CT molecular complexity index is 1790. The van der Waals surface area contributed by atoms with E-state index in [-0.39, 0.29) is 25.5 Å². The zero-order valence-electron chi connectivity index (χ0n) is 29.8. The van der Waals surface area contributed by atoms with Crippen molar-refractivity contribution in [2.45, 2.75) is 69.4 Å². The molecule has 0 aliphatic carbocycles. The van der Waals surface area contributed by atoms with Gasteiger partial charge in [0, 0.05) is 18.7 Å². The number of esters is 1. The van der Waals surface area contributed by atoms with Crippen molar-refractivity contribution >= 4 is 29.4 Å². The molecule has 7 atom stereocenters. The van der Waals surface area contributed by atoms with Crippen molar-refractivity contribution in [1.82, 2.24) is 10.2 Å². The van der Waals surface area contributed by atoms with Crippen LogP contribution in [0.15, 0.2) is 104 Å². The van der Waals surface area contributed by atoms with Crippen LogP contribution in [0.25, 0.3) is 0 Å². The van der Waals surface area contributed by atoms with Crippen LogP contribution in [-0.2, 0) is 28.7 Å². The van der Waals surface area contributed by atoms with Crippen molar-refractivity contribution in [1.29, 1.82) is 0 Å². The van der Waals surface area contributed by atoms with Gasteiger partial charge < -0.3 is 29.7 Å². The number of likely N-dealkylation sites (tertiary alicyclic amines) is 1. The molecule has 3 aromatic carbocycles. The third-order valence-electron chi connectivity index (χ3n) is 10.7. The van der Waals surface area contributed by atoms with Crippen LogP contribution >= 0.6 is 0 Å². The Hall–Kier alpha value is -5.06. The van der Waals surface area contributed by atoms with Crippen molar-refractivity contribution in [3.05, 3.63) is 126 Å². The lowest BCUT2D eigenvalue weighted by Gasteiger charge is -2.40. The van der Waals surface area contributed by atoms with Gasteiger partial charge in [-0.25, -0.2) is 0 Å².